The maximum absolute atomic E-state index is 5.88. The second kappa shape index (κ2) is 4.88. The molecule has 1 aliphatic rings. The Hall–Kier alpha value is -0.705. The molecular formula is C10H13BClNO2. The highest BCUT2D eigenvalue weighted by Crippen LogP contribution is 2.19. The molecule has 1 unspecified atom stereocenters. The van der Waals surface area contributed by atoms with Gasteiger partial charge in [0.05, 0.1) is 6.61 Å². The van der Waals surface area contributed by atoms with Crippen LogP contribution in [0.3, 0.4) is 0 Å². The molecule has 1 aromatic rings. The number of ether oxygens (including phenoxy) is 2. The Morgan fingerprint density at radius 2 is 2.40 bits per heavy atom. The normalized spacial score (nSPS) is 18.1. The average Bonchev–Trinajstić information content (AvgIpc) is 2.60. The van der Waals surface area contributed by atoms with E-state index in [1.165, 1.54) is 0 Å². The lowest BCUT2D eigenvalue weighted by Crippen LogP contribution is -2.27. The van der Waals surface area contributed by atoms with E-state index in [1.807, 2.05) is 18.2 Å². The van der Waals surface area contributed by atoms with Crippen LogP contribution >= 0.6 is 11.6 Å². The Bertz CT molecular complexity index is 348. The van der Waals surface area contributed by atoms with E-state index in [0.717, 1.165) is 29.9 Å². The highest BCUT2D eigenvalue weighted by Gasteiger charge is 2.24. The first kappa shape index (κ1) is 10.8. The van der Waals surface area contributed by atoms with Gasteiger partial charge in [0.25, 0.3) is 0 Å². The van der Waals surface area contributed by atoms with Crippen molar-refractivity contribution in [2.45, 2.75) is 12.6 Å². The number of benzene rings is 1. The first-order valence-corrected chi connectivity index (χ1v) is 5.44. The van der Waals surface area contributed by atoms with Crippen LogP contribution in [0.4, 0.5) is 0 Å². The first-order chi connectivity index (χ1) is 7.29. The van der Waals surface area contributed by atoms with Gasteiger partial charge in [-0.2, -0.15) is 0 Å². The lowest BCUT2D eigenvalue weighted by Gasteiger charge is -2.11. The van der Waals surface area contributed by atoms with Gasteiger partial charge in [-0.3, -0.25) is 0 Å². The lowest BCUT2D eigenvalue weighted by molar-refractivity contribution is -0.0179. The highest BCUT2D eigenvalue weighted by molar-refractivity contribution is 6.57. The van der Waals surface area contributed by atoms with Gasteiger partial charge in [-0.15, -0.1) is 0 Å². The topological polar surface area (TPSA) is 44.5 Å². The summed E-state index contributed by atoms with van der Waals surface area (Å²) in [5.74, 6) is 0.872. The second-order valence-corrected chi connectivity index (χ2v) is 3.95. The molecule has 80 valence electrons. The number of hydrogen-bond donors (Lipinski definition) is 1. The highest BCUT2D eigenvalue weighted by atomic mass is 35.5. The fourth-order valence-electron chi connectivity index (χ4n) is 1.58. The Kier molecular flexibility index (Phi) is 3.51. The van der Waals surface area contributed by atoms with Crippen LogP contribution in [-0.2, 0) is 4.74 Å². The van der Waals surface area contributed by atoms with Gasteiger partial charge in [-0.25, -0.2) is 0 Å². The van der Waals surface area contributed by atoms with Gasteiger partial charge >= 0.3 is 0 Å². The predicted molar refractivity (Wildman–Crippen MR) is 62.3 cm³/mol. The van der Waals surface area contributed by atoms with Gasteiger partial charge in [0.15, 0.2) is 6.19 Å². The molecule has 0 spiro atoms. The Labute approximate surface area is 94.7 Å². The quantitative estimate of drug-likeness (QED) is 0.597. The molecule has 0 radical (unpaired) electrons. The molecule has 1 atom stereocenters. The third kappa shape index (κ3) is 2.65. The minimum absolute atomic E-state index is 0.176. The summed E-state index contributed by atoms with van der Waals surface area (Å²) in [5.41, 5.74) is 6.49. The summed E-state index contributed by atoms with van der Waals surface area (Å²) in [6.07, 6.45) is 0.682. The molecule has 2 rings (SSSR count). The standard InChI is InChI=1S/C10H13BClNO2/c12-7-2-3-9-8(6-7)11-10(15-9)14-5-1-4-13/h2-3,6,10-11H,1,4-5,13H2. The van der Waals surface area contributed by atoms with Crippen LogP contribution < -0.4 is 15.9 Å². The maximum atomic E-state index is 5.88. The summed E-state index contributed by atoms with van der Waals surface area (Å²) in [6, 6.07) is 5.62. The van der Waals surface area contributed by atoms with Gasteiger partial charge < -0.3 is 15.2 Å². The third-order valence-corrected chi connectivity index (χ3v) is 2.55. The second-order valence-electron chi connectivity index (χ2n) is 3.52. The van der Waals surface area contributed by atoms with Crippen molar-refractivity contribution < 1.29 is 9.47 Å². The molecular weight excluding hydrogens is 212 g/mol. The summed E-state index contributed by atoms with van der Waals surface area (Å²) in [4.78, 5) is 0. The maximum Gasteiger partial charge on any atom is 0.247 e. The van der Waals surface area contributed by atoms with Crippen molar-refractivity contribution in [2.24, 2.45) is 5.73 Å². The molecule has 15 heavy (non-hydrogen) atoms. The summed E-state index contributed by atoms with van der Waals surface area (Å²) < 4.78 is 11.1. The van der Waals surface area contributed by atoms with Crippen molar-refractivity contribution in [1.82, 2.24) is 0 Å². The molecule has 0 fully saturated rings. The summed E-state index contributed by atoms with van der Waals surface area (Å²) >= 11 is 5.88. The number of hydrogen-bond acceptors (Lipinski definition) is 3. The summed E-state index contributed by atoms with van der Waals surface area (Å²) in [6.45, 7) is 1.29. The number of fused-ring (bicyclic) bond motifs is 1. The molecule has 1 heterocycles. The van der Waals surface area contributed by atoms with Crippen LogP contribution in [0.1, 0.15) is 6.42 Å². The largest absolute Gasteiger partial charge is 0.473 e. The van der Waals surface area contributed by atoms with E-state index in [2.05, 4.69) is 0 Å². The molecule has 0 saturated carbocycles. The van der Waals surface area contributed by atoms with Crippen LogP contribution in [0.5, 0.6) is 5.75 Å². The Morgan fingerprint density at radius 3 is 3.20 bits per heavy atom. The van der Waals surface area contributed by atoms with Crippen LogP contribution in [0.15, 0.2) is 18.2 Å². The monoisotopic (exact) mass is 225 g/mol. The van der Waals surface area contributed by atoms with Crippen LogP contribution in [0.25, 0.3) is 0 Å². The van der Waals surface area contributed by atoms with Crippen molar-refractivity contribution in [1.29, 1.82) is 0 Å². The predicted octanol–water partition coefficient (Wildman–Crippen LogP) is 0.443. The van der Waals surface area contributed by atoms with Crippen molar-refractivity contribution in [3.63, 3.8) is 0 Å². The van der Waals surface area contributed by atoms with E-state index < -0.39 is 0 Å². The van der Waals surface area contributed by atoms with Crippen LogP contribution in [-0.4, -0.2) is 26.6 Å². The summed E-state index contributed by atoms with van der Waals surface area (Å²) in [5, 5.41) is 0.736. The van der Waals surface area contributed by atoms with E-state index in [-0.39, 0.29) is 6.19 Å². The fraction of sp³-hybridized carbons (Fsp3) is 0.400. The molecule has 0 aliphatic carbocycles. The van der Waals surface area contributed by atoms with Crippen molar-refractivity contribution in [3.8, 4) is 5.75 Å². The molecule has 2 N–H and O–H groups in total. The Morgan fingerprint density at radius 1 is 1.53 bits per heavy atom. The van der Waals surface area contributed by atoms with Crippen LogP contribution in [0.2, 0.25) is 5.02 Å². The number of rotatable bonds is 4. The first-order valence-electron chi connectivity index (χ1n) is 5.06. The van der Waals surface area contributed by atoms with Crippen molar-refractivity contribution in [3.05, 3.63) is 23.2 Å². The molecule has 0 bridgehead atoms. The average molecular weight is 225 g/mol. The molecule has 1 aliphatic heterocycles. The van der Waals surface area contributed by atoms with Gasteiger partial charge in [-0.05, 0) is 36.6 Å². The van der Waals surface area contributed by atoms with E-state index in [9.17, 15) is 0 Å². The zero-order valence-corrected chi connectivity index (χ0v) is 9.17. The van der Waals surface area contributed by atoms with Crippen molar-refractivity contribution in [2.75, 3.05) is 13.2 Å². The van der Waals surface area contributed by atoms with Gasteiger partial charge in [-0.1, -0.05) is 11.6 Å². The number of halogens is 1. The molecule has 1 aromatic carbocycles. The smallest absolute Gasteiger partial charge is 0.247 e. The third-order valence-electron chi connectivity index (χ3n) is 2.32. The van der Waals surface area contributed by atoms with Gasteiger partial charge in [0, 0.05) is 5.02 Å². The minimum atomic E-state index is -0.176. The van der Waals surface area contributed by atoms with E-state index in [0.29, 0.717) is 13.2 Å². The van der Waals surface area contributed by atoms with E-state index in [4.69, 9.17) is 26.8 Å². The van der Waals surface area contributed by atoms with E-state index >= 15 is 0 Å². The number of nitrogens with two attached hydrogens (primary N) is 1. The zero-order chi connectivity index (χ0) is 10.7. The zero-order valence-electron chi connectivity index (χ0n) is 8.41. The van der Waals surface area contributed by atoms with Gasteiger partial charge in [0.1, 0.15) is 5.75 Å². The molecule has 0 amide bonds. The lowest BCUT2D eigenvalue weighted by atomic mass is 9.71. The summed E-state index contributed by atoms with van der Waals surface area (Å²) in [7, 11) is 0.764. The Balaban J connectivity index is 1.91. The van der Waals surface area contributed by atoms with E-state index in [1.54, 1.807) is 0 Å². The van der Waals surface area contributed by atoms with Gasteiger partial charge in [0.2, 0.25) is 7.28 Å². The SMILES string of the molecule is NCCCOC1Bc2cc(Cl)ccc2O1. The van der Waals surface area contributed by atoms with Crippen molar-refractivity contribution >= 4 is 24.3 Å². The minimum Gasteiger partial charge on any atom is -0.473 e. The molecule has 0 saturated heterocycles. The molecule has 0 aromatic heterocycles. The fourth-order valence-corrected chi connectivity index (χ4v) is 1.77. The molecule has 3 nitrogen and oxygen atoms in total. The molecule has 5 heteroatoms. The van der Waals surface area contributed by atoms with Crippen LogP contribution in [0, 0.1) is 0 Å².